The first-order chi connectivity index (χ1) is 13.0. The molecule has 2 aromatic rings. The molecule has 1 heterocycles. The third-order valence-corrected chi connectivity index (χ3v) is 5.93. The van der Waals surface area contributed by atoms with E-state index in [4.69, 9.17) is 33.3 Å². The maximum absolute atomic E-state index is 12.5. The normalized spacial score (nSPS) is 12.9. The molecular weight excluding hydrogens is 404 g/mol. The number of hydrogen-bond acceptors (Lipinski definition) is 5. The van der Waals surface area contributed by atoms with Crippen molar-refractivity contribution >= 4 is 56.9 Å². The topological polar surface area (TPSA) is 59.6 Å². The molecular formula is C19H21ClN2O3S2. The summed E-state index contributed by atoms with van der Waals surface area (Å²) in [6.45, 7) is 2.15. The summed E-state index contributed by atoms with van der Waals surface area (Å²) in [6.07, 6.45) is 4.09. The molecule has 0 radical (unpaired) electrons. The van der Waals surface area contributed by atoms with Gasteiger partial charge >= 0.3 is 5.97 Å². The van der Waals surface area contributed by atoms with Gasteiger partial charge in [0.15, 0.2) is 5.11 Å². The van der Waals surface area contributed by atoms with Gasteiger partial charge in [0.1, 0.15) is 10.8 Å². The predicted octanol–water partition coefficient (Wildman–Crippen LogP) is 5.27. The number of methoxy groups -OCH3 is 1. The molecule has 0 amide bonds. The molecule has 8 heteroatoms. The molecule has 5 nitrogen and oxygen atoms in total. The molecule has 0 atom stereocenters. The van der Waals surface area contributed by atoms with E-state index >= 15 is 0 Å². The number of carbonyl (C=O) groups excluding carboxylic acids is 1. The summed E-state index contributed by atoms with van der Waals surface area (Å²) >= 11 is 13.1. The number of thiophene rings is 1. The lowest BCUT2D eigenvalue weighted by Gasteiger charge is -2.14. The van der Waals surface area contributed by atoms with E-state index in [1.54, 1.807) is 43.6 Å². The summed E-state index contributed by atoms with van der Waals surface area (Å²) in [6, 6.07) is 5.25. The Balaban J connectivity index is 1.85. The van der Waals surface area contributed by atoms with Crippen molar-refractivity contribution in [2.24, 2.45) is 0 Å². The van der Waals surface area contributed by atoms with E-state index < -0.39 is 0 Å². The summed E-state index contributed by atoms with van der Waals surface area (Å²) in [4.78, 5) is 13.8. The zero-order valence-electron chi connectivity index (χ0n) is 15.2. The molecule has 1 aliphatic carbocycles. The second kappa shape index (κ2) is 8.91. The van der Waals surface area contributed by atoms with Crippen molar-refractivity contribution in [1.29, 1.82) is 0 Å². The van der Waals surface area contributed by atoms with Gasteiger partial charge in [0.25, 0.3) is 0 Å². The number of halogens is 1. The van der Waals surface area contributed by atoms with Gasteiger partial charge in [0.05, 0.1) is 25.0 Å². The summed E-state index contributed by atoms with van der Waals surface area (Å²) in [5.41, 5.74) is 2.36. The number of esters is 1. The fourth-order valence-corrected chi connectivity index (χ4v) is 4.84. The van der Waals surface area contributed by atoms with Crippen LogP contribution < -0.4 is 15.4 Å². The number of ether oxygens (including phenoxy) is 2. The first-order valence-electron chi connectivity index (χ1n) is 8.76. The van der Waals surface area contributed by atoms with Crippen molar-refractivity contribution in [3.05, 3.63) is 39.2 Å². The lowest BCUT2D eigenvalue weighted by atomic mass is 9.95. The van der Waals surface area contributed by atoms with Gasteiger partial charge in [-0.2, -0.15) is 0 Å². The van der Waals surface area contributed by atoms with Gasteiger partial charge in [-0.15, -0.1) is 11.3 Å². The fourth-order valence-electron chi connectivity index (χ4n) is 3.11. The van der Waals surface area contributed by atoms with Gasteiger partial charge in [-0.1, -0.05) is 11.6 Å². The highest BCUT2D eigenvalue weighted by atomic mass is 35.5. The average Bonchev–Trinajstić information content (AvgIpc) is 2.99. The van der Waals surface area contributed by atoms with Crippen LogP contribution >= 0.6 is 35.2 Å². The van der Waals surface area contributed by atoms with Gasteiger partial charge in [-0.3, -0.25) is 0 Å². The third kappa shape index (κ3) is 4.54. The van der Waals surface area contributed by atoms with Crippen LogP contribution in [0.25, 0.3) is 0 Å². The zero-order valence-corrected chi connectivity index (χ0v) is 17.6. The van der Waals surface area contributed by atoms with Crippen LogP contribution in [0.5, 0.6) is 5.75 Å². The molecule has 0 bridgehead atoms. The molecule has 3 rings (SSSR count). The molecule has 0 saturated carbocycles. The molecule has 0 fully saturated rings. The van der Waals surface area contributed by atoms with Crippen LogP contribution in [-0.4, -0.2) is 24.8 Å². The van der Waals surface area contributed by atoms with Crippen molar-refractivity contribution < 1.29 is 14.3 Å². The smallest absolute Gasteiger partial charge is 0.341 e. The number of hydrogen-bond donors (Lipinski definition) is 2. The summed E-state index contributed by atoms with van der Waals surface area (Å²) in [5, 5.41) is 7.91. The average molecular weight is 425 g/mol. The van der Waals surface area contributed by atoms with Crippen LogP contribution in [0.15, 0.2) is 18.2 Å². The lowest BCUT2D eigenvalue weighted by molar-refractivity contribution is 0.0526. The molecule has 144 valence electrons. The van der Waals surface area contributed by atoms with Gasteiger partial charge in [0.2, 0.25) is 0 Å². The Morgan fingerprint density at radius 3 is 2.81 bits per heavy atom. The number of aryl methyl sites for hydroxylation is 1. The van der Waals surface area contributed by atoms with E-state index in [9.17, 15) is 4.79 Å². The summed E-state index contributed by atoms with van der Waals surface area (Å²) in [7, 11) is 1.58. The number of carbonyl (C=O) groups is 1. The van der Waals surface area contributed by atoms with Gasteiger partial charge < -0.3 is 20.1 Å². The molecule has 1 aromatic carbocycles. The highest BCUT2D eigenvalue weighted by molar-refractivity contribution is 7.80. The van der Waals surface area contributed by atoms with Crippen molar-refractivity contribution in [2.75, 3.05) is 24.4 Å². The first-order valence-corrected chi connectivity index (χ1v) is 10.4. The maximum atomic E-state index is 12.5. The van der Waals surface area contributed by atoms with Crippen molar-refractivity contribution in [1.82, 2.24) is 0 Å². The number of nitrogens with one attached hydrogen (secondary N) is 2. The van der Waals surface area contributed by atoms with Crippen LogP contribution in [0, 0.1) is 0 Å². The molecule has 0 spiro atoms. The summed E-state index contributed by atoms with van der Waals surface area (Å²) in [5.74, 6) is 0.321. The van der Waals surface area contributed by atoms with E-state index in [1.165, 1.54) is 4.88 Å². The minimum absolute atomic E-state index is 0.303. The summed E-state index contributed by atoms with van der Waals surface area (Å²) < 4.78 is 10.6. The van der Waals surface area contributed by atoms with Crippen LogP contribution in [0.1, 0.15) is 40.6 Å². The van der Waals surface area contributed by atoms with Gasteiger partial charge in [0, 0.05) is 9.90 Å². The van der Waals surface area contributed by atoms with Crippen LogP contribution in [-0.2, 0) is 17.6 Å². The fraction of sp³-hybridized carbons (Fsp3) is 0.368. The Bertz CT molecular complexity index is 867. The van der Waals surface area contributed by atoms with Crippen molar-refractivity contribution in [3.8, 4) is 5.75 Å². The van der Waals surface area contributed by atoms with Crippen LogP contribution in [0.4, 0.5) is 10.7 Å². The molecule has 0 unspecified atom stereocenters. The van der Waals surface area contributed by atoms with E-state index in [-0.39, 0.29) is 5.97 Å². The maximum Gasteiger partial charge on any atom is 0.341 e. The molecule has 27 heavy (non-hydrogen) atoms. The molecule has 0 aliphatic heterocycles. The molecule has 1 aliphatic rings. The molecule has 0 saturated heterocycles. The largest absolute Gasteiger partial charge is 0.495 e. The highest BCUT2D eigenvalue weighted by Gasteiger charge is 2.26. The van der Waals surface area contributed by atoms with Crippen molar-refractivity contribution in [2.45, 2.75) is 32.6 Å². The SMILES string of the molecule is CCOC(=O)c1c(NC(=S)Nc2cc(Cl)ccc2OC)sc2c1CCCC2. The molecule has 1 aromatic heterocycles. The second-order valence-corrected chi connectivity index (χ2v) is 8.01. The van der Waals surface area contributed by atoms with Crippen molar-refractivity contribution in [3.63, 3.8) is 0 Å². The standard InChI is InChI=1S/C19H21ClN2O3S2/c1-3-25-18(23)16-12-6-4-5-7-15(12)27-17(16)22-19(26)21-13-10-11(20)8-9-14(13)24-2/h8-10H,3-7H2,1-2H3,(H2,21,22,26). The van der Waals surface area contributed by atoms with Gasteiger partial charge in [-0.05, 0) is 68.6 Å². The highest BCUT2D eigenvalue weighted by Crippen LogP contribution is 2.39. The Morgan fingerprint density at radius 2 is 2.07 bits per heavy atom. The quantitative estimate of drug-likeness (QED) is 0.503. The number of thiocarbonyl (C=S) groups is 1. The first kappa shape index (κ1) is 19.9. The zero-order chi connectivity index (χ0) is 19.4. The third-order valence-electron chi connectivity index (χ3n) is 4.29. The monoisotopic (exact) mass is 424 g/mol. The Labute approximate surface area is 173 Å². The number of anilines is 2. The van der Waals surface area contributed by atoms with Crippen LogP contribution in [0.2, 0.25) is 5.02 Å². The second-order valence-electron chi connectivity index (χ2n) is 6.06. The predicted molar refractivity (Wildman–Crippen MR) is 115 cm³/mol. The van der Waals surface area contributed by atoms with E-state index in [0.29, 0.717) is 33.7 Å². The van der Waals surface area contributed by atoms with E-state index in [1.807, 2.05) is 0 Å². The number of fused-ring (bicyclic) bond motifs is 1. The molecule has 2 N–H and O–H groups in total. The Morgan fingerprint density at radius 1 is 1.30 bits per heavy atom. The van der Waals surface area contributed by atoms with Gasteiger partial charge in [-0.25, -0.2) is 4.79 Å². The number of benzene rings is 1. The van der Waals surface area contributed by atoms with E-state index in [2.05, 4.69) is 10.6 Å². The minimum atomic E-state index is -0.303. The minimum Gasteiger partial charge on any atom is -0.495 e. The Hall–Kier alpha value is -1.83. The Kier molecular flexibility index (Phi) is 6.57. The lowest BCUT2D eigenvalue weighted by Crippen LogP contribution is -2.21. The van der Waals surface area contributed by atoms with E-state index in [0.717, 1.165) is 36.2 Å². The number of rotatable bonds is 5. The van der Waals surface area contributed by atoms with Crippen LogP contribution in [0.3, 0.4) is 0 Å².